The van der Waals surface area contributed by atoms with E-state index in [2.05, 4.69) is 0 Å². The molecule has 1 N–H and O–H groups in total. The zero-order valence-electron chi connectivity index (χ0n) is 9.04. The highest BCUT2D eigenvalue weighted by Crippen LogP contribution is 2.15. The summed E-state index contributed by atoms with van der Waals surface area (Å²) in [7, 11) is -8.39. The van der Waals surface area contributed by atoms with Crippen molar-refractivity contribution in [1.82, 2.24) is 3.71 Å². The van der Waals surface area contributed by atoms with E-state index in [4.69, 9.17) is 5.11 Å². The van der Waals surface area contributed by atoms with Crippen molar-refractivity contribution in [3.05, 3.63) is 11.8 Å². The van der Waals surface area contributed by atoms with Crippen molar-refractivity contribution in [2.24, 2.45) is 0 Å². The first-order valence-corrected chi connectivity index (χ1v) is 7.85. The maximum Gasteiger partial charge on any atom is 0.354 e. The summed E-state index contributed by atoms with van der Waals surface area (Å²) in [6, 6.07) is 0. The molecule has 0 saturated heterocycles. The summed E-state index contributed by atoms with van der Waals surface area (Å²) in [5.41, 5.74) is -0.785. The SMILES string of the molecule is CC/C=C(\C(=O)O)N(S(C)(=O)=O)S(C)(=O)=O. The molecule has 0 bridgehead atoms. The molecule has 0 spiro atoms. The molecule has 0 fully saturated rings. The first-order chi connectivity index (χ1) is 7.01. The molecule has 94 valence electrons. The molecule has 0 aromatic carbocycles. The van der Waals surface area contributed by atoms with Crippen molar-refractivity contribution in [2.75, 3.05) is 12.5 Å². The smallest absolute Gasteiger partial charge is 0.354 e. The maximum absolute atomic E-state index is 11.2. The van der Waals surface area contributed by atoms with Gasteiger partial charge < -0.3 is 5.11 Å². The Morgan fingerprint density at radius 2 is 1.56 bits per heavy atom. The van der Waals surface area contributed by atoms with Gasteiger partial charge in [-0.05, 0) is 6.42 Å². The summed E-state index contributed by atoms with van der Waals surface area (Å²) >= 11 is 0. The number of carboxylic acid groups (broad SMARTS) is 1. The number of nitrogens with zero attached hydrogens (tertiary/aromatic N) is 1. The monoisotopic (exact) mass is 271 g/mol. The molecule has 0 saturated carbocycles. The number of hydrogen-bond donors (Lipinski definition) is 1. The third-order valence-corrected chi connectivity index (χ3v) is 4.64. The van der Waals surface area contributed by atoms with Crippen LogP contribution < -0.4 is 0 Å². The Kier molecular flexibility index (Phi) is 4.50. The topological polar surface area (TPSA) is 109 Å². The van der Waals surface area contributed by atoms with Crippen molar-refractivity contribution in [3.8, 4) is 0 Å². The molecule has 0 aliphatic heterocycles. The van der Waals surface area contributed by atoms with Gasteiger partial charge in [-0.25, -0.2) is 21.6 Å². The van der Waals surface area contributed by atoms with E-state index in [1.807, 2.05) is 0 Å². The number of sulfonamides is 2. The van der Waals surface area contributed by atoms with E-state index in [-0.39, 0.29) is 10.1 Å². The minimum absolute atomic E-state index is 0.0914. The Labute approximate surface area is 94.5 Å². The van der Waals surface area contributed by atoms with Gasteiger partial charge in [0.15, 0.2) is 0 Å². The lowest BCUT2D eigenvalue weighted by atomic mass is 10.3. The van der Waals surface area contributed by atoms with Crippen LogP contribution in [0.1, 0.15) is 13.3 Å². The number of aliphatic carboxylic acids is 1. The third-order valence-electron chi connectivity index (χ3n) is 1.42. The standard InChI is InChI=1S/C7H13NO6S2/c1-4-5-6(7(9)10)8(15(2,11)12)16(3,13)14/h5H,4H2,1-3H3,(H,9,10)/b6-5+. The Morgan fingerprint density at radius 1 is 1.19 bits per heavy atom. The zero-order chi connectivity index (χ0) is 13.1. The van der Waals surface area contributed by atoms with Crippen LogP contribution in [0.3, 0.4) is 0 Å². The molecular formula is C7H13NO6S2. The van der Waals surface area contributed by atoms with Gasteiger partial charge in [0.05, 0.1) is 12.5 Å². The summed E-state index contributed by atoms with van der Waals surface area (Å²) in [5.74, 6) is -1.61. The van der Waals surface area contributed by atoms with Gasteiger partial charge in [-0.15, -0.1) is 0 Å². The summed E-state index contributed by atoms with van der Waals surface area (Å²) < 4.78 is 44.9. The Balaban J connectivity index is 5.91. The average Bonchev–Trinajstić information content (AvgIpc) is 1.97. The van der Waals surface area contributed by atoms with Gasteiger partial charge >= 0.3 is 5.97 Å². The predicted octanol–water partition coefficient (Wildman–Crippen LogP) is -0.414. The highest BCUT2D eigenvalue weighted by Gasteiger charge is 2.32. The second kappa shape index (κ2) is 4.83. The minimum Gasteiger partial charge on any atom is -0.477 e. The number of carbonyl (C=O) groups is 1. The summed E-state index contributed by atoms with van der Waals surface area (Å²) in [6.45, 7) is 1.56. The fourth-order valence-electron chi connectivity index (χ4n) is 1.04. The molecule has 0 heterocycles. The van der Waals surface area contributed by atoms with E-state index >= 15 is 0 Å². The molecule has 9 heteroatoms. The van der Waals surface area contributed by atoms with Crippen LogP contribution in [0, 0.1) is 0 Å². The van der Waals surface area contributed by atoms with E-state index < -0.39 is 31.7 Å². The maximum atomic E-state index is 11.2. The number of rotatable bonds is 5. The predicted molar refractivity (Wildman–Crippen MR) is 57.5 cm³/mol. The van der Waals surface area contributed by atoms with Crippen LogP contribution >= 0.6 is 0 Å². The number of allylic oxidation sites excluding steroid dienone is 1. The second-order valence-corrected chi connectivity index (χ2v) is 6.92. The van der Waals surface area contributed by atoms with Crippen LogP contribution in [0.5, 0.6) is 0 Å². The molecule has 0 atom stereocenters. The number of hydrogen-bond acceptors (Lipinski definition) is 5. The third kappa shape index (κ3) is 3.81. The van der Waals surface area contributed by atoms with Crippen LogP contribution in [0.2, 0.25) is 0 Å². The molecule has 16 heavy (non-hydrogen) atoms. The molecular weight excluding hydrogens is 258 g/mol. The molecule has 0 aliphatic rings. The highest BCUT2D eigenvalue weighted by atomic mass is 32.3. The Hall–Kier alpha value is -1.09. The lowest BCUT2D eigenvalue weighted by Gasteiger charge is -2.19. The fraction of sp³-hybridized carbons (Fsp3) is 0.571. The first kappa shape index (κ1) is 14.9. The number of carboxylic acids is 1. The van der Waals surface area contributed by atoms with Crippen molar-refractivity contribution in [1.29, 1.82) is 0 Å². The van der Waals surface area contributed by atoms with Crippen molar-refractivity contribution < 1.29 is 26.7 Å². The molecule has 0 amide bonds. The quantitative estimate of drug-likeness (QED) is 0.681. The normalized spacial score (nSPS) is 13.6. The molecule has 0 aromatic heterocycles. The molecule has 0 aliphatic carbocycles. The highest BCUT2D eigenvalue weighted by molar-refractivity contribution is 8.03. The van der Waals surface area contributed by atoms with E-state index in [1.165, 1.54) is 0 Å². The van der Waals surface area contributed by atoms with Gasteiger partial charge in [-0.3, -0.25) is 0 Å². The molecule has 0 unspecified atom stereocenters. The van der Waals surface area contributed by atoms with Gasteiger partial charge in [0.2, 0.25) is 20.0 Å². The molecule has 0 radical (unpaired) electrons. The van der Waals surface area contributed by atoms with Gasteiger partial charge in [0.1, 0.15) is 5.70 Å². The van der Waals surface area contributed by atoms with E-state index in [0.29, 0.717) is 12.5 Å². The summed E-state index contributed by atoms with van der Waals surface area (Å²) in [4.78, 5) is 10.8. The minimum atomic E-state index is -4.19. The molecule has 0 rings (SSSR count). The van der Waals surface area contributed by atoms with Crippen molar-refractivity contribution in [3.63, 3.8) is 0 Å². The summed E-state index contributed by atoms with van der Waals surface area (Å²) in [5, 5.41) is 8.76. The Morgan fingerprint density at radius 3 is 1.75 bits per heavy atom. The fourth-order valence-corrected chi connectivity index (χ4v) is 4.02. The van der Waals surface area contributed by atoms with Crippen LogP contribution in [0.25, 0.3) is 0 Å². The van der Waals surface area contributed by atoms with Gasteiger partial charge in [-0.1, -0.05) is 13.0 Å². The molecule has 7 nitrogen and oxygen atoms in total. The van der Waals surface area contributed by atoms with Gasteiger partial charge in [0.25, 0.3) is 0 Å². The van der Waals surface area contributed by atoms with Crippen LogP contribution in [0.4, 0.5) is 0 Å². The average molecular weight is 271 g/mol. The lowest BCUT2D eigenvalue weighted by Crippen LogP contribution is -2.37. The van der Waals surface area contributed by atoms with Crippen LogP contribution in [-0.4, -0.2) is 44.1 Å². The zero-order valence-corrected chi connectivity index (χ0v) is 10.7. The van der Waals surface area contributed by atoms with E-state index in [9.17, 15) is 21.6 Å². The van der Waals surface area contributed by atoms with Crippen molar-refractivity contribution >= 4 is 26.0 Å². The van der Waals surface area contributed by atoms with E-state index in [1.54, 1.807) is 6.92 Å². The second-order valence-electron chi connectivity index (χ2n) is 3.03. The van der Waals surface area contributed by atoms with Crippen molar-refractivity contribution in [2.45, 2.75) is 13.3 Å². The Bertz CT molecular complexity index is 469. The summed E-state index contributed by atoms with van der Waals surface area (Å²) in [6.07, 6.45) is 2.47. The van der Waals surface area contributed by atoms with Crippen LogP contribution in [-0.2, 0) is 24.8 Å². The van der Waals surface area contributed by atoms with Crippen LogP contribution in [0.15, 0.2) is 11.8 Å². The largest absolute Gasteiger partial charge is 0.477 e. The lowest BCUT2D eigenvalue weighted by molar-refractivity contribution is -0.133. The van der Waals surface area contributed by atoms with Gasteiger partial charge in [0, 0.05) is 0 Å². The first-order valence-electron chi connectivity index (χ1n) is 4.15. The van der Waals surface area contributed by atoms with E-state index in [0.717, 1.165) is 6.08 Å². The molecule has 0 aromatic rings. The van der Waals surface area contributed by atoms with Gasteiger partial charge in [-0.2, -0.15) is 3.71 Å².